The van der Waals surface area contributed by atoms with E-state index in [0.29, 0.717) is 25.1 Å². The number of carbonyl (C=O) groups is 2. The first-order chi connectivity index (χ1) is 12.7. The first-order valence-electron chi connectivity index (χ1n) is 9.23. The molecule has 1 aliphatic heterocycles. The van der Waals surface area contributed by atoms with Crippen LogP contribution in [-0.2, 0) is 17.8 Å². The number of ketones is 1. The van der Waals surface area contributed by atoms with Gasteiger partial charge in [-0.05, 0) is 42.5 Å². The van der Waals surface area contributed by atoms with Crippen LogP contribution in [0.15, 0.2) is 54.6 Å². The first kappa shape index (κ1) is 18.3. The summed E-state index contributed by atoms with van der Waals surface area (Å²) in [5.41, 5.74) is 2.57. The fourth-order valence-corrected chi connectivity index (χ4v) is 3.48. The average Bonchev–Trinajstić information content (AvgIpc) is 2.72. The summed E-state index contributed by atoms with van der Waals surface area (Å²) in [6.45, 7) is 1.17. The molecule has 0 spiro atoms. The van der Waals surface area contributed by atoms with Crippen molar-refractivity contribution in [3.05, 3.63) is 71.3 Å². The average molecular weight is 351 g/mol. The lowest BCUT2D eigenvalue weighted by Crippen LogP contribution is -2.42. The van der Waals surface area contributed by atoms with Gasteiger partial charge in [0.05, 0.1) is 6.61 Å². The van der Waals surface area contributed by atoms with E-state index in [0.717, 1.165) is 24.8 Å². The van der Waals surface area contributed by atoms with E-state index in [-0.39, 0.29) is 24.2 Å². The van der Waals surface area contributed by atoms with E-state index < -0.39 is 0 Å². The van der Waals surface area contributed by atoms with E-state index in [1.807, 2.05) is 30.3 Å². The van der Waals surface area contributed by atoms with Gasteiger partial charge in [-0.15, -0.1) is 0 Å². The molecule has 2 aromatic rings. The van der Waals surface area contributed by atoms with Crippen LogP contribution in [0.2, 0.25) is 0 Å². The van der Waals surface area contributed by atoms with Gasteiger partial charge in [0.1, 0.15) is 5.78 Å². The van der Waals surface area contributed by atoms with Crippen LogP contribution in [-0.4, -0.2) is 34.8 Å². The number of aliphatic hydroxyl groups is 1. The number of likely N-dealkylation sites (tertiary alicyclic amines) is 1. The van der Waals surface area contributed by atoms with Crippen molar-refractivity contribution in [3.63, 3.8) is 0 Å². The molecule has 0 saturated carbocycles. The first-order valence-corrected chi connectivity index (χ1v) is 9.23. The Morgan fingerprint density at radius 3 is 2.42 bits per heavy atom. The predicted molar refractivity (Wildman–Crippen MR) is 101 cm³/mol. The van der Waals surface area contributed by atoms with Crippen LogP contribution in [0.25, 0.3) is 0 Å². The maximum atomic E-state index is 12.7. The van der Waals surface area contributed by atoms with Crippen molar-refractivity contribution in [2.75, 3.05) is 13.1 Å². The van der Waals surface area contributed by atoms with Crippen molar-refractivity contribution in [1.29, 1.82) is 0 Å². The fraction of sp³-hybridized carbons (Fsp3) is 0.364. The third-order valence-corrected chi connectivity index (χ3v) is 5.05. The van der Waals surface area contributed by atoms with E-state index in [1.54, 1.807) is 29.2 Å². The van der Waals surface area contributed by atoms with Crippen LogP contribution in [0, 0.1) is 5.92 Å². The summed E-state index contributed by atoms with van der Waals surface area (Å²) in [6, 6.07) is 17.1. The van der Waals surface area contributed by atoms with Crippen LogP contribution in [0.1, 0.15) is 40.7 Å². The smallest absolute Gasteiger partial charge is 0.253 e. The molecule has 0 unspecified atom stereocenters. The zero-order valence-corrected chi connectivity index (χ0v) is 14.9. The van der Waals surface area contributed by atoms with Gasteiger partial charge >= 0.3 is 0 Å². The Kier molecular flexibility index (Phi) is 6.18. The number of aliphatic hydroxyl groups excluding tert-OH is 1. The molecular formula is C22H25NO3. The fourth-order valence-electron chi connectivity index (χ4n) is 3.48. The molecule has 0 bridgehead atoms. The molecule has 136 valence electrons. The summed E-state index contributed by atoms with van der Waals surface area (Å²) in [5, 5.41) is 9.11. The van der Waals surface area contributed by atoms with Crippen LogP contribution in [0.3, 0.4) is 0 Å². The second kappa shape index (κ2) is 8.77. The maximum Gasteiger partial charge on any atom is 0.253 e. The van der Waals surface area contributed by atoms with E-state index >= 15 is 0 Å². The van der Waals surface area contributed by atoms with E-state index in [9.17, 15) is 9.59 Å². The standard InChI is InChI=1S/C22H25NO3/c24-16-18-8-11-19(12-9-18)22(26)23-14-4-7-20(15-23)21(25)13-10-17-5-2-1-3-6-17/h1-3,5-6,8-9,11-12,20,24H,4,7,10,13-16H2/t20-/m0/s1. The molecule has 1 fully saturated rings. The quantitative estimate of drug-likeness (QED) is 0.869. The van der Waals surface area contributed by atoms with Gasteiger partial charge in [-0.1, -0.05) is 42.5 Å². The third-order valence-electron chi connectivity index (χ3n) is 5.05. The molecule has 0 aliphatic carbocycles. The molecular weight excluding hydrogens is 326 g/mol. The summed E-state index contributed by atoms with van der Waals surface area (Å²) in [4.78, 5) is 27.1. The highest BCUT2D eigenvalue weighted by molar-refractivity contribution is 5.94. The number of nitrogens with zero attached hydrogens (tertiary/aromatic N) is 1. The number of hydrogen-bond donors (Lipinski definition) is 1. The second-order valence-electron chi connectivity index (χ2n) is 6.90. The zero-order chi connectivity index (χ0) is 18.4. The summed E-state index contributed by atoms with van der Waals surface area (Å²) < 4.78 is 0. The van der Waals surface area contributed by atoms with E-state index in [1.165, 1.54) is 5.56 Å². The summed E-state index contributed by atoms with van der Waals surface area (Å²) in [5.74, 6) is 0.158. The highest BCUT2D eigenvalue weighted by Gasteiger charge is 2.28. The summed E-state index contributed by atoms with van der Waals surface area (Å²) in [6.07, 6.45) is 3.01. The maximum absolute atomic E-state index is 12.7. The third kappa shape index (κ3) is 4.58. The van der Waals surface area contributed by atoms with Gasteiger partial charge in [-0.25, -0.2) is 0 Å². The number of aryl methyl sites for hydroxylation is 1. The minimum atomic E-state index is -0.0619. The Morgan fingerprint density at radius 2 is 1.73 bits per heavy atom. The Bertz CT molecular complexity index is 740. The number of Topliss-reactive ketones (excluding diaryl/α,β-unsaturated/α-hetero) is 1. The lowest BCUT2D eigenvalue weighted by molar-refractivity contribution is -0.124. The van der Waals surface area contributed by atoms with Gasteiger partial charge in [0.25, 0.3) is 5.91 Å². The van der Waals surface area contributed by atoms with Gasteiger partial charge in [0.15, 0.2) is 0 Å². The SMILES string of the molecule is O=C(CCc1ccccc1)[C@H]1CCCN(C(=O)c2ccc(CO)cc2)C1. The number of carbonyl (C=O) groups excluding carboxylic acids is 2. The Labute approximate surface area is 154 Å². The molecule has 1 atom stereocenters. The molecule has 1 aliphatic rings. The van der Waals surface area contributed by atoms with Crippen molar-refractivity contribution in [2.45, 2.75) is 32.3 Å². The number of amides is 1. The largest absolute Gasteiger partial charge is 0.392 e. The van der Waals surface area contributed by atoms with Gasteiger partial charge in [0, 0.05) is 31.0 Å². The molecule has 1 saturated heterocycles. The Hall–Kier alpha value is -2.46. The molecule has 1 heterocycles. The number of rotatable bonds is 6. The van der Waals surface area contributed by atoms with Gasteiger partial charge < -0.3 is 10.0 Å². The molecule has 2 aromatic carbocycles. The van der Waals surface area contributed by atoms with Crippen molar-refractivity contribution >= 4 is 11.7 Å². The van der Waals surface area contributed by atoms with Crippen LogP contribution in [0.4, 0.5) is 0 Å². The number of piperidine rings is 1. The molecule has 1 amide bonds. The molecule has 0 radical (unpaired) electrons. The Balaban J connectivity index is 1.57. The van der Waals surface area contributed by atoms with Crippen molar-refractivity contribution in [1.82, 2.24) is 4.90 Å². The molecule has 26 heavy (non-hydrogen) atoms. The van der Waals surface area contributed by atoms with Crippen LogP contribution < -0.4 is 0 Å². The molecule has 4 heteroatoms. The molecule has 0 aromatic heterocycles. The van der Waals surface area contributed by atoms with Crippen molar-refractivity contribution in [2.24, 2.45) is 5.92 Å². The van der Waals surface area contributed by atoms with E-state index in [2.05, 4.69) is 0 Å². The normalized spacial score (nSPS) is 17.1. The predicted octanol–water partition coefficient (Wildman–Crippen LogP) is 3.23. The highest BCUT2D eigenvalue weighted by Crippen LogP contribution is 2.21. The van der Waals surface area contributed by atoms with Crippen molar-refractivity contribution < 1.29 is 14.7 Å². The number of benzene rings is 2. The van der Waals surface area contributed by atoms with Gasteiger partial charge in [0.2, 0.25) is 0 Å². The van der Waals surface area contributed by atoms with Gasteiger partial charge in [-0.2, -0.15) is 0 Å². The summed E-state index contributed by atoms with van der Waals surface area (Å²) >= 11 is 0. The monoisotopic (exact) mass is 351 g/mol. The second-order valence-corrected chi connectivity index (χ2v) is 6.90. The molecule has 4 nitrogen and oxygen atoms in total. The molecule has 1 N–H and O–H groups in total. The summed E-state index contributed by atoms with van der Waals surface area (Å²) in [7, 11) is 0. The Morgan fingerprint density at radius 1 is 1.00 bits per heavy atom. The van der Waals surface area contributed by atoms with Crippen LogP contribution in [0.5, 0.6) is 0 Å². The number of hydrogen-bond acceptors (Lipinski definition) is 3. The lowest BCUT2D eigenvalue weighted by atomic mass is 9.90. The minimum absolute atomic E-state index is 0.0316. The van der Waals surface area contributed by atoms with Crippen LogP contribution >= 0.6 is 0 Å². The topological polar surface area (TPSA) is 57.6 Å². The van der Waals surface area contributed by atoms with E-state index in [4.69, 9.17) is 5.11 Å². The minimum Gasteiger partial charge on any atom is -0.392 e. The molecule has 3 rings (SSSR count). The lowest BCUT2D eigenvalue weighted by Gasteiger charge is -2.32. The van der Waals surface area contributed by atoms with Gasteiger partial charge in [-0.3, -0.25) is 9.59 Å². The highest BCUT2D eigenvalue weighted by atomic mass is 16.3. The van der Waals surface area contributed by atoms with Crippen molar-refractivity contribution in [3.8, 4) is 0 Å². The zero-order valence-electron chi connectivity index (χ0n) is 14.9.